The topological polar surface area (TPSA) is 44.2 Å². The van der Waals surface area contributed by atoms with Crippen LogP contribution in [-0.4, -0.2) is 13.9 Å². The third kappa shape index (κ3) is 3.93. The number of rotatable bonds is 4. The highest BCUT2D eigenvalue weighted by molar-refractivity contribution is 7.07. The average molecular weight is 459 g/mol. The van der Waals surface area contributed by atoms with Crippen LogP contribution in [0.1, 0.15) is 44.3 Å². The van der Waals surface area contributed by atoms with Crippen LogP contribution in [0.15, 0.2) is 75.8 Å². The van der Waals surface area contributed by atoms with Crippen LogP contribution in [0.5, 0.6) is 0 Å². The van der Waals surface area contributed by atoms with E-state index in [1.165, 1.54) is 30.5 Å². The maximum absolute atomic E-state index is 13.5. The molecule has 33 heavy (non-hydrogen) atoms. The number of hydrogen-bond donors (Lipinski definition) is 0. The van der Waals surface area contributed by atoms with Gasteiger partial charge in [0.05, 0.1) is 17.1 Å². The summed E-state index contributed by atoms with van der Waals surface area (Å²) in [5, 5.41) is 2.20. The van der Waals surface area contributed by atoms with E-state index in [9.17, 15) is 4.79 Å². The number of benzene rings is 2. The molecule has 5 rings (SSSR count). The zero-order valence-electron chi connectivity index (χ0n) is 19.4. The lowest BCUT2D eigenvalue weighted by atomic mass is 9.85. The van der Waals surface area contributed by atoms with E-state index in [0.29, 0.717) is 17.6 Å². The van der Waals surface area contributed by atoms with Gasteiger partial charge < -0.3 is 4.57 Å². The smallest absolute Gasteiger partial charge is 0.297 e. The first-order valence-electron chi connectivity index (χ1n) is 11.7. The Kier molecular flexibility index (Phi) is 5.94. The minimum atomic E-state index is -0.0842. The first kappa shape index (κ1) is 21.7. The standard InChI is InChI=1S/C27H30N4OS/c1-19-12-10-11-17-23(19)30-24(21-13-6-4-7-14-21)18-33-27(30)28-25-20(2)29(3)31(26(25)32)22-15-8-5-9-16-22/h4-9,13-16,18-19,23H,10-12,17H2,1-3H3. The fourth-order valence-corrected chi connectivity index (χ4v) is 5.96. The largest absolute Gasteiger partial charge is 0.313 e. The fraction of sp³-hybridized carbons (Fsp3) is 0.333. The fourth-order valence-electron chi connectivity index (χ4n) is 5.00. The lowest BCUT2D eigenvalue weighted by Gasteiger charge is -2.31. The van der Waals surface area contributed by atoms with Crippen molar-refractivity contribution in [2.24, 2.45) is 18.0 Å². The normalized spacial score (nSPS) is 19.2. The van der Waals surface area contributed by atoms with Gasteiger partial charge in [-0.1, -0.05) is 68.3 Å². The van der Waals surface area contributed by atoms with Gasteiger partial charge >= 0.3 is 0 Å². The highest BCUT2D eigenvalue weighted by Gasteiger charge is 2.26. The van der Waals surface area contributed by atoms with Crippen LogP contribution in [0.2, 0.25) is 0 Å². The van der Waals surface area contributed by atoms with Crippen LogP contribution in [0, 0.1) is 12.8 Å². The number of nitrogens with zero attached hydrogens (tertiary/aromatic N) is 4. The maximum Gasteiger partial charge on any atom is 0.297 e. The van der Waals surface area contributed by atoms with Crippen molar-refractivity contribution in [3.63, 3.8) is 0 Å². The Labute approximate surface area is 198 Å². The van der Waals surface area contributed by atoms with Crippen LogP contribution in [0.25, 0.3) is 16.9 Å². The van der Waals surface area contributed by atoms with E-state index < -0.39 is 0 Å². The monoisotopic (exact) mass is 458 g/mol. The maximum atomic E-state index is 13.5. The van der Waals surface area contributed by atoms with Gasteiger partial charge in [-0.05, 0) is 43.4 Å². The van der Waals surface area contributed by atoms with E-state index in [2.05, 4.69) is 41.1 Å². The molecule has 1 aliphatic carbocycles. The van der Waals surface area contributed by atoms with Crippen molar-refractivity contribution < 1.29 is 0 Å². The summed E-state index contributed by atoms with van der Waals surface area (Å²) in [6.07, 6.45) is 4.89. The molecule has 0 N–H and O–H groups in total. The molecule has 0 saturated heterocycles. The van der Waals surface area contributed by atoms with Gasteiger partial charge in [0, 0.05) is 18.5 Å². The van der Waals surface area contributed by atoms with Gasteiger partial charge in [0.1, 0.15) is 0 Å². The quantitative estimate of drug-likeness (QED) is 0.370. The predicted octanol–water partition coefficient (Wildman–Crippen LogP) is 6.00. The van der Waals surface area contributed by atoms with Crippen molar-refractivity contribution in [2.75, 3.05) is 0 Å². The van der Waals surface area contributed by atoms with Gasteiger partial charge in [-0.2, -0.15) is 0 Å². The molecule has 2 heterocycles. The van der Waals surface area contributed by atoms with E-state index in [-0.39, 0.29) is 5.56 Å². The van der Waals surface area contributed by atoms with Gasteiger partial charge in [-0.3, -0.25) is 9.48 Å². The second-order valence-corrected chi connectivity index (χ2v) is 9.83. The Morgan fingerprint density at radius 2 is 1.64 bits per heavy atom. The van der Waals surface area contributed by atoms with E-state index in [1.54, 1.807) is 16.0 Å². The molecule has 0 amide bonds. The summed E-state index contributed by atoms with van der Waals surface area (Å²) in [7, 11) is 1.92. The Bertz CT molecular complexity index is 1380. The summed E-state index contributed by atoms with van der Waals surface area (Å²) in [4.78, 5) is 19.4. The average Bonchev–Trinajstić information content (AvgIpc) is 3.35. The zero-order chi connectivity index (χ0) is 22.9. The summed E-state index contributed by atoms with van der Waals surface area (Å²) in [6, 6.07) is 20.7. The Balaban J connectivity index is 1.72. The van der Waals surface area contributed by atoms with Crippen LogP contribution < -0.4 is 10.4 Å². The Hall–Kier alpha value is -3.12. The van der Waals surface area contributed by atoms with E-state index in [1.807, 2.05) is 55.1 Å². The van der Waals surface area contributed by atoms with Crippen molar-refractivity contribution in [1.82, 2.24) is 13.9 Å². The number of thiazole rings is 1. The molecular formula is C27H30N4OS. The Morgan fingerprint density at radius 3 is 2.33 bits per heavy atom. The minimum Gasteiger partial charge on any atom is -0.313 e. The third-order valence-electron chi connectivity index (χ3n) is 6.94. The predicted molar refractivity (Wildman–Crippen MR) is 135 cm³/mol. The molecule has 0 aliphatic heterocycles. The summed E-state index contributed by atoms with van der Waals surface area (Å²) in [5.74, 6) is 0.576. The van der Waals surface area contributed by atoms with Crippen LogP contribution >= 0.6 is 11.3 Å². The third-order valence-corrected chi connectivity index (χ3v) is 7.78. The van der Waals surface area contributed by atoms with Gasteiger partial charge in [0.15, 0.2) is 10.5 Å². The number of aromatic nitrogens is 3. The van der Waals surface area contributed by atoms with Crippen molar-refractivity contribution in [2.45, 2.75) is 45.6 Å². The molecule has 2 unspecified atom stereocenters. The lowest BCUT2D eigenvalue weighted by Crippen LogP contribution is -2.29. The molecule has 2 atom stereocenters. The zero-order valence-corrected chi connectivity index (χ0v) is 20.3. The molecule has 1 saturated carbocycles. The molecule has 1 aliphatic rings. The van der Waals surface area contributed by atoms with Crippen molar-refractivity contribution in [1.29, 1.82) is 0 Å². The van der Waals surface area contributed by atoms with E-state index in [0.717, 1.165) is 22.6 Å². The van der Waals surface area contributed by atoms with Gasteiger partial charge in [-0.25, -0.2) is 9.67 Å². The molecule has 2 aromatic heterocycles. The summed E-state index contributed by atoms with van der Waals surface area (Å²) < 4.78 is 6.01. The van der Waals surface area contributed by atoms with Gasteiger partial charge in [-0.15, -0.1) is 11.3 Å². The van der Waals surface area contributed by atoms with E-state index in [4.69, 9.17) is 4.99 Å². The molecular weight excluding hydrogens is 428 g/mol. The molecule has 5 nitrogen and oxygen atoms in total. The summed E-state index contributed by atoms with van der Waals surface area (Å²) >= 11 is 1.63. The molecule has 4 aromatic rings. The SMILES string of the molecule is Cc1c(N=c2scc(-c3ccccc3)n2C2CCCCC2C)c(=O)n(-c2ccccc2)n1C. The summed E-state index contributed by atoms with van der Waals surface area (Å²) in [6.45, 7) is 4.32. The second kappa shape index (κ2) is 9.02. The first-order valence-corrected chi connectivity index (χ1v) is 12.6. The molecule has 170 valence electrons. The summed E-state index contributed by atoms with van der Waals surface area (Å²) in [5.41, 5.74) is 4.52. The molecule has 6 heteroatoms. The van der Waals surface area contributed by atoms with Crippen LogP contribution in [0.3, 0.4) is 0 Å². The van der Waals surface area contributed by atoms with Crippen molar-refractivity contribution >= 4 is 17.0 Å². The minimum absolute atomic E-state index is 0.0842. The van der Waals surface area contributed by atoms with Crippen molar-refractivity contribution in [3.05, 3.63) is 86.9 Å². The van der Waals surface area contributed by atoms with Crippen LogP contribution in [0.4, 0.5) is 5.69 Å². The molecule has 0 spiro atoms. The van der Waals surface area contributed by atoms with Crippen LogP contribution in [-0.2, 0) is 7.05 Å². The lowest BCUT2D eigenvalue weighted by molar-refractivity contribution is 0.255. The molecule has 2 aromatic carbocycles. The molecule has 1 fully saturated rings. The van der Waals surface area contributed by atoms with Crippen molar-refractivity contribution in [3.8, 4) is 16.9 Å². The Morgan fingerprint density at radius 1 is 0.970 bits per heavy atom. The molecule has 0 radical (unpaired) electrons. The van der Waals surface area contributed by atoms with E-state index >= 15 is 0 Å². The van der Waals surface area contributed by atoms with Gasteiger partial charge in [0.2, 0.25) is 0 Å². The highest BCUT2D eigenvalue weighted by atomic mass is 32.1. The first-order chi connectivity index (χ1) is 16.1. The second-order valence-electron chi connectivity index (χ2n) is 8.99. The highest BCUT2D eigenvalue weighted by Crippen LogP contribution is 2.36. The van der Waals surface area contributed by atoms with Gasteiger partial charge in [0.25, 0.3) is 5.56 Å². The molecule has 0 bridgehead atoms. The number of hydrogen-bond acceptors (Lipinski definition) is 3. The number of para-hydroxylation sites is 1.